The summed E-state index contributed by atoms with van der Waals surface area (Å²) in [5, 5.41) is 6.68. The normalized spacial score (nSPS) is 11.8. The van der Waals surface area contributed by atoms with Gasteiger partial charge < -0.3 is 9.73 Å². The quantitative estimate of drug-likeness (QED) is 0.667. The van der Waals surface area contributed by atoms with Gasteiger partial charge >= 0.3 is 0 Å². The molecule has 0 saturated carbocycles. The third-order valence-electron chi connectivity index (χ3n) is 3.10. The molecule has 3 aromatic heterocycles. The van der Waals surface area contributed by atoms with E-state index in [-0.39, 0.29) is 0 Å². The summed E-state index contributed by atoms with van der Waals surface area (Å²) in [5.41, 5.74) is 1.24. The predicted octanol–water partition coefficient (Wildman–Crippen LogP) is 4.03. The van der Waals surface area contributed by atoms with Crippen molar-refractivity contribution < 1.29 is 4.42 Å². The first kappa shape index (κ1) is 14.7. The van der Waals surface area contributed by atoms with E-state index in [0.717, 1.165) is 34.6 Å². The number of nitrogens with zero attached hydrogens (tertiary/aromatic N) is 2. The third kappa shape index (κ3) is 3.51. The molecule has 0 amide bonds. The van der Waals surface area contributed by atoms with Crippen LogP contribution in [0, 0.1) is 5.92 Å². The molecule has 6 heteroatoms. The maximum Gasteiger partial charge on any atom is 0.194 e. The third-order valence-corrected chi connectivity index (χ3v) is 4.89. The lowest BCUT2D eigenvalue weighted by Gasteiger charge is -2.08. The minimum absolute atomic E-state index is 0.648. The summed E-state index contributed by atoms with van der Waals surface area (Å²) in [5.74, 6) is 2.45. The highest BCUT2D eigenvalue weighted by atomic mass is 32.2. The largest absolute Gasteiger partial charge is 0.468 e. The number of nitrogens with one attached hydrogen (secondary N) is 1. The number of furan rings is 1. The summed E-state index contributed by atoms with van der Waals surface area (Å²) in [6.07, 6.45) is 3.81. The standard InChI is InChI=1S/C15H19N3OS2/c1-11(2)8-16-9-13-14(17-15-18(13)5-7-20-15)21-10-12-4-3-6-19-12/h3-7,11,16H,8-10H2,1-2H3. The lowest BCUT2D eigenvalue weighted by atomic mass is 10.2. The van der Waals surface area contributed by atoms with Crippen molar-refractivity contribution in [3.05, 3.63) is 41.4 Å². The van der Waals surface area contributed by atoms with Gasteiger partial charge in [-0.1, -0.05) is 25.6 Å². The Morgan fingerprint density at radius 3 is 3.14 bits per heavy atom. The molecule has 3 aromatic rings. The molecule has 3 heterocycles. The Morgan fingerprint density at radius 2 is 2.38 bits per heavy atom. The molecular formula is C15H19N3OS2. The number of fused-ring (bicyclic) bond motifs is 1. The van der Waals surface area contributed by atoms with E-state index in [2.05, 4.69) is 35.1 Å². The van der Waals surface area contributed by atoms with E-state index in [1.165, 1.54) is 5.69 Å². The van der Waals surface area contributed by atoms with Crippen molar-refractivity contribution in [1.82, 2.24) is 14.7 Å². The molecule has 0 radical (unpaired) electrons. The van der Waals surface area contributed by atoms with Gasteiger partial charge in [0.25, 0.3) is 0 Å². The van der Waals surface area contributed by atoms with Crippen LogP contribution in [0.3, 0.4) is 0 Å². The Kier molecular flexibility index (Phi) is 4.67. The second-order valence-corrected chi connectivity index (χ2v) is 7.15. The molecule has 0 bridgehead atoms. The van der Waals surface area contributed by atoms with Gasteiger partial charge in [0.2, 0.25) is 0 Å². The van der Waals surface area contributed by atoms with Crippen LogP contribution >= 0.6 is 23.1 Å². The van der Waals surface area contributed by atoms with Crippen molar-refractivity contribution in [2.45, 2.75) is 31.2 Å². The van der Waals surface area contributed by atoms with Crippen molar-refractivity contribution in [1.29, 1.82) is 0 Å². The van der Waals surface area contributed by atoms with Gasteiger partial charge in [-0.25, -0.2) is 4.98 Å². The highest BCUT2D eigenvalue weighted by Crippen LogP contribution is 2.28. The Labute approximate surface area is 132 Å². The molecule has 1 N–H and O–H groups in total. The Hall–Kier alpha value is -1.24. The maximum absolute atomic E-state index is 5.39. The molecule has 112 valence electrons. The van der Waals surface area contributed by atoms with Gasteiger partial charge in [-0.3, -0.25) is 4.40 Å². The van der Waals surface area contributed by atoms with Gasteiger partial charge in [0.05, 0.1) is 17.7 Å². The first-order chi connectivity index (χ1) is 10.2. The van der Waals surface area contributed by atoms with Gasteiger partial charge in [-0.15, -0.1) is 11.3 Å². The highest BCUT2D eigenvalue weighted by molar-refractivity contribution is 7.98. The fraction of sp³-hybridized carbons (Fsp3) is 0.400. The van der Waals surface area contributed by atoms with Crippen molar-refractivity contribution in [2.24, 2.45) is 5.92 Å². The lowest BCUT2D eigenvalue weighted by molar-refractivity contribution is 0.530. The van der Waals surface area contributed by atoms with Crippen LogP contribution in [0.5, 0.6) is 0 Å². The fourth-order valence-corrected chi connectivity index (χ4v) is 3.82. The maximum atomic E-state index is 5.39. The van der Waals surface area contributed by atoms with E-state index < -0.39 is 0 Å². The van der Waals surface area contributed by atoms with E-state index in [0.29, 0.717) is 5.92 Å². The monoisotopic (exact) mass is 321 g/mol. The first-order valence-electron chi connectivity index (χ1n) is 7.04. The molecule has 21 heavy (non-hydrogen) atoms. The van der Waals surface area contributed by atoms with Crippen LogP contribution in [0.25, 0.3) is 4.96 Å². The predicted molar refractivity (Wildman–Crippen MR) is 87.9 cm³/mol. The number of thiazole rings is 1. The second kappa shape index (κ2) is 6.68. The summed E-state index contributed by atoms with van der Waals surface area (Å²) >= 11 is 3.41. The zero-order chi connectivity index (χ0) is 14.7. The number of imidazole rings is 1. The smallest absolute Gasteiger partial charge is 0.194 e. The Balaban J connectivity index is 1.74. The molecule has 3 rings (SSSR count). The molecule has 0 aliphatic heterocycles. The zero-order valence-electron chi connectivity index (χ0n) is 12.2. The van der Waals surface area contributed by atoms with E-state index in [1.807, 2.05) is 12.1 Å². The van der Waals surface area contributed by atoms with Crippen molar-refractivity contribution >= 4 is 28.1 Å². The highest BCUT2D eigenvalue weighted by Gasteiger charge is 2.14. The van der Waals surface area contributed by atoms with Crippen LogP contribution in [-0.4, -0.2) is 15.9 Å². The first-order valence-corrected chi connectivity index (χ1v) is 8.91. The average Bonchev–Trinajstić information content (AvgIpc) is 3.13. The van der Waals surface area contributed by atoms with Gasteiger partial charge in [-0.2, -0.15) is 0 Å². The average molecular weight is 321 g/mol. The van der Waals surface area contributed by atoms with Crippen molar-refractivity contribution in [3.63, 3.8) is 0 Å². The van der Waals surface area contributed by atoms with E-state index >= 15 is 0 Å². The van der Waals surface area contributed by atoms with Crippen LogP contribution in [0.1, 0.15) is 25.3 Å². The van der Waals surface area contributed by atoms with Crippen LogP contribution < -0.4 is 5.32 Å². The molecule has 0 aliphatic rings. The summed E-state index contributed by atoms with van der Waals surface area (Å²) in [6, 6.07) is 3.93. The Bertz CT molecular complexity index is 685. The summed E-state index contributed by atoms with van der Waals surface area (Å²) in [7, 11) is 0. The molecule has 0 saturated heterocycles. The van der Waals surface area contributed by atoms with Gasteiger partial charge in [0, 0.05) is 18.1 Å². The number of hydrogen-bond acceptors (Lipinski definition) is 5. The van der Waals surface area contributed by atoms with Gasteiger partial charge in [0.1, 0.15) is 10.8 Å². The number of aromatic nitrogens is 2. The fourth-order valence-electron chi connectivity index (χ4n) is 2.10. The molecule has 0 fully saturated rings. The summed E-state index contributed by atoms with van der Waals surface area (Å²) in [4.78, 5) is 5.79. The topological polar surface area (TPSA) is 42.5 Å². The molecular weight excluding hydrogens is 302 g/mol. The van der Waals surface area contributed by atoms with E-state index in [9.17, 15) is 0 Å². The van der Waals surface area contributed by atoms with Crippen molar-refractivity contribution in [2.75, 3.05) is 6.54 Å². The molecule has 0 atom stereocenters. The number of thioether (sulfide) groups is 1. The van der Waals surface area contributed by atoms with Crippen molar-refractivity contribution in [3.8, 4) is 0 Å². The summed E-state index contributed by atoms with van der Waals surface area (Å²) in [6.45, 7) is 6.29. The lowest BCUT2D eigenvalue weighted by Crippen LogP contribution is -2.20. The molecule has 4 nitrogen and oxygen atoms in total. The van der Waals surface area contributed by atoms with Crippen LogP contribution in [0.15, 0.2) is 39.4 Å². The molecule has 0 spiro atoms. The van der Waals surface area contributed by atoms with Gasteiger partial charge in [-0.05, 0) is 24.6 Å². The minimum Gasteiger partial charge on any atom is -0.468 e. The zero-order valence-corrected chi connectivity index (χ0v) is 13.8. The molecule has 0 unspecified atom stereocenters. The summed E-state index contributed by atoms with van der Waals surface area (Å²) < 4.78 is 7.58. The molecule has 0 aromatic carbocycles. The SMILES string of the molecule is CC(C)CNCc1c(SCc2ccco2)nc2sccn12. The molecule has 0 aliphatic carbocycles. The minimum atomic E-state index is 0.648. The van der Waals surface area contributed by atoms with Crippen LogP contribution in [0.4, 0.5) is 0 Å². The Morgan fingerprint density at radius 1 is 1.48 bits per heavy atom. The van der Waals surface area contributed by atoms with Gasteiger partial charge in [0.15, 0.2) is 4.96 Å². The second-order valence-electron chi connectivity index (χ2n) is 5.31. The van der Waals surface area contributed by atoms with E-state index in [4.69, 9.17) is 9.40 Å². The number of rotatable bonds is 7. The number of hydrogen-bond donors (Lipinski definition) is 1. The van der Waals surface area contributed by atoms with Crippen LogP contribution in [0.2, 0.25) is 0 Å². The van der Waals surface area contributed by atoms with E-state index in [1.54, 1.807) is 29.4 Å². The van der Waals surface area contributed by atoms with Crippen LogP contribution in [-0.2, 0) is 12.3 Å².